The van der Waals surface area contributed by atoms with Crippen LogP contribution in [0.25, 0.3) is 11.3 Å². The monoisotopic (exact) mass is 260 g/mol. The quantitative estimate of drug-likeness (QED) is 0.899. The molecule has 18 heavy (non-hydrogen) atoms. The first-order chi connectivity index (χ1) is 8.70. The number of nitrogens with zero attached hydrogens (tertiary/aromatic N) is 1. The number of carbonyl (C=O) groups excluding carboxylic acids is 1. The lowest BCUT2D eigenvalue weighted by atomic mass is 10.1. The zero-order valence-electron chi connectivity index (χ0n) is 10.3. The molecular weight excluding hydrogens is 244 g/mol. The molecule has 0 aliphatic rings. The second-order valence-electron chi connectivity index (χ2n) is 4.15. The predicted octanol–water partition coefficient (Wildman–Crippen LogP) is 2.66. The minimum atomic E-state index is -0.367. The molecule has 1 atom stereocenters. The fraction of sp³-hybridized carbons (Fsp3) is 0.286. The average Bonchev–Trinajstić information content (AvgIpc) is 2.87. The number of rotatable bonds is 5. The van der Waals surface area contributed by atoms with Crippen molar-refractivity contribution in [1.29, 1.82) is 0 Å². The summed E-state index contributed by atoms with van der Waals surface area (Å²) in [5.41, 5.74) is 7.71. The van der Waals surface area contributed by atoms with Gasteiger partial charge in [0, 0.05) is 10.9 Å². The van der Waals surface area contributed by atoms with Crippen LogP contribution in [0.15, 0.2) is 35.7 Å². The van der Waals surface area contributed by atoms with Gasteiger partial charge in [0.1, 0.15) is 5.01 Å². The molecule has 0 aliphatic carbocycles. The predicted molar refractivity (Wildman–Crippen MR) is 74.5 cm³/mol. The highest BCUT2D eigenvalue weighted by molar-refractivity contribution is 7.10. The van der Waals surface area contributed by atoms with E-state index in [2.05, 4.69) is 4.98 Å². The van der Waals surface area contributed by atoms with Gasteiger partial charge in [-0.05, 0) is 6.42 Å². The van der Waals surface area contributed by atoms with Crippen LogP contribution in [0.2, 0.25) is 0 Å². The molecule has 2 N–H and O–H groups in total. The van der Waals surface area contributed by atoms with Gasteiger partial charge in [-0.15, -0.1) is 11.3 Å². The summed E-state index contributed by atoms with van der Waals surface area (Å²) in [6, 6.07) is 9.59. The Balaban J connectivity index is 2.10. The lowest BCUT2D eigenvalue weighted by molar-refractivity contribution is -0.119. The van der Waals surface area contributed by atoms with Gasteiger partial charge in [0.15, 0.2) is 5.78 Å². The van der Waals surface area contributed by atoms with Gasteiger partial charge >= 0.3 is 0 Å². The lowest BCUT2D eigenvalue weighted by Gasteiger charge is -2.04. The summed E-state index contributed by atoms with van der Waals surface area (Å²) < 4.78 is 0. The minimum absolute atomic E-state index is 0.0615. The fourth-order valence-electron chi connectivity index (χ4n) is 1.64. The topological polar surface area (TPSA) is 56.0 Å². The van der Waals surface area contributed by atoms with Crippen molar-refractivity contribution in [3.8, 4) is 11.3 Å². The van der Waals surface area contributed by atoms with Gasteiger partial charge in [-0.1, -0.05) is 37.3 Å². The van der Waals surface area contributed by atoms with Crippen molar-refractivity contribution in [2.75, 3.05) is 0 Å². The van der Waals surface area contributed by atoms with Crippen molar-refractivity contribution >= 4 is 17.1 Å². The van der Waals surface area contributed by atoms with Gasteiger partial charge in [-0.3, -0.25) is 4.79 Å². The maximum Gasteiger partial charge on any atom is 0.156 e. The highest BCUT2D eigenvalue weighted by Crippen LogP contribution is 2.22. The average molecular weight is 260 g/mol. The number of carbonyl (C=O) groups is 1. The molecule has 1 aromatic heterocycles. The molecular formula is C14H16N2OS. The third kappa shape index (κ3) is 3.03. The van der Waals surface area contributed by atoms with Crippen molar-refractivity contribution in [1.82, 2.24) is 4.98 Å². The molecule has 1 unspecified atom stereocenters. The van der Waals surface area contributed by atoms with E-state index in [0.29, 0.717) is 12.8 Å². The standard InChI is InChI=1S/C14H16N2OS/c1-2-11(15)13(17)8-14-16-12(9-18-14)10-6-4-3-5-7-10/h3-7,9,11H,2,8,15H2,1H3. The van der Waals surface area contributed by atoms with E-state index in [1.54, 1.807) is 0 Å². The summed E-state index contributed by atoms with van der Waals surface area (Å²) in [7, 11) is 0. The minimum Gasteiger partial charge on any atom is -0.322 e. The van der Waals surface area contributed by atoms with Crippen LogP contribution in [-0.2, 0) is 11.2 Å². The number of nitrogens with two attached hydrogens (primary N) is 1. The van der Waals surface area contributed by atoms with E-state index in [-0.39, 0.29) is 11.8 Å². The molecule has 3 nitrogen and oxygen atoms in total. The van der Waals surface area contributed by atoms with Gasteiger partial charge in [0.25, 0.3) is 0 Å². The highest BCUT2D eigenvalue weighted by Gasteiger charge is 2.14. The molecule has 1 heterocycles. The molecule has 0 spiro atoms. The molecule has 94 valence electrons. The van der Waals surface area contributed by atoms with Gasteiger partial charge < -0.3 is 5.73 Å². The number of hydrogen-bond acceptors (Lipinski definition) is 4. The van der Waals surface area contributed by atoms with Crippen molar-refractivity contribution in [3.05, 3.63) is 40.7 Å². The maximum atomic E-state index is 11.7. The van der Waals surface area contributed by atoms with Crippen LogP contribution in [0.4, 0.5) is 0 Å². The van der Waals surface area contributed by atoms with Crippen LogP contribution in [-0.4, -0.2) is 16.8 Å². The van der Waals surface area contributed by atoms with Crippen molar-refractivity contribution in [3.63, 3.8) is 0 Å². The number of Topliss-reactive ketones (excluding diaryl/α,β-unsaturated/α-hetero) is 1. The number of thiazole rings is 1. The summed E-state index contributed by atoms with van der Waals surface area (Å²) in [5.74, 6) is 0.0615. The Morgan fingerprint density at radius 3 is 2.78 bits per heavy atom. The zero-order chi connectivity index (χ0) is 13.0. The Kier molecular flexibility index (Phi) is 4.23. The Labute approximate surface area is 111 Å². The first-order valence-corrected chi connectivity index (χ1v) is 6.86. The largest absolute Gasteiger partial charge is 0.322 e. The van der Waals surface area contributed by atoms with E-state index < -0.39 is 0 Å². The Bertz CT molecular complexity index is 522. The molecule has 2 rings (SSSR count). The first kappa shape index (κ1) is 12.9. The van der Waals surface area contributed by atoms with Crippen LogP contribution < -0.4 is 5.73 Å². The van der Waals surface area contributed by atoms with Crippen LogP contribution in [0.1, 0.15) is 18.4 Å². The molecule has 1 aromatic carbocycles. The van der Waals surface area contributed by atoms with E-state index in [9.17, 15) is 4.79 Å². The molecule has 0 bridgehead atoms. The SMILES string of the molecule is CCC(N)C(=O)Cc1nc(-c2ccccc2)cs1. The van der Waals surface area contributed by atoms with E-state index in [1.165, 1.54) is 11.3 Å². The zero-order valence-corrected chi connectivity index (χ0v) is 11.1. The van der Waals surface area contributed by atoms with Crippen LogP contribution in [0.5, 0.6) is 0 Å². The second kappa shape index (κ2) is 5.89. The molecule has 0 aliphatic heterocycles. The molecule has 0 saturated heterocycles. The smallest absolute Gasteiger partial charge is 0.156 e. The van der Waals surface area contributed by atoms with Gasteiger partial charge in [0.2, 0.25) is 0 Å². The molecule has 2 aromatic rings. The molecule has 0 saturated carbocycles. The summed E-state index contributed by atoms with van der Waals surface area (Å²) >= 11 is 1.51. The fourth-order valence-corrected chi connectivity index (χ4v) is 2.45. The van der Waals surface area contributed by atoms with Gasteiger partial charge in [-0.25, -0.2) is 4.98 Å². The lowest BCUT2D eigenvalue weighted by Crippen LogP contribution is -2.30. The first-order valence-electron chi connectivity index (χ1n) is 5.98. The third-order valence-electron chi connectivity index (χ3n) is 2.80. The Morgan fingerprint density at radius 1 is 1.39 bits per heavy atom. The second-order valence-corrected chi connectivity index (χ2v) is 5.09. The summed E-state index contributed by atoms with van der Waals surface area (Å²) in [6.07, 6.45) is 1.02. The van der Waals surface area contributed by atoms with Crippen molar-refractivity contribution in [2.45, 2.75) is 25.8 Å². The summed E-state index contributed by atoms with van der Waals surface area (Å²) in [4.78, 5) is 16.2. The van der Waals surface area contributed by atoms with Crippen molar-refractivity contribution in [2.24, 2.45) is 5.73 Å². The summed E-state index contributed by atoms with van der Waals surface area (Å²) in [5, 5.41) is 2.82. The summed E-state index contributed by atoms with van der Waals surface area (Å²) in [6.45, 7) is 1.92. The van der Waals surface area contributed by atoms with Crippen molar-refractivity contribution < 1.29 is 4.79 Å². The molecule has 0 fully saturated rings. The normalized spacial score (nSPS) is 12.3. The Hall–Kier alpha value is -1.52. The van der Waals surface area contributed by atoms with Crippen LogP contribution in [0, 0.1) is 0 Å². The molecule has 4 heteroatoms. The Morgan fingerprint density at radius 2 is 2.11 bits per heavy atom. The highest BCUT2D eigenvalue weighted by atomic mass is 32.1. The van der Waals surface area contributed by atoms with Crippen LogP contribution >= 0.6 is 11.3 Å². The number of hydrogen-bond donors (Lipinski definition) is 1. The van der Waals surface area contributed by atoms with E-state index in [4.69, 9.17) is 5.73 Å². The van der Waals surface area contributed by atoms with E-state index >= 15 is 0 Å². The van der Waals surface area contributed by atoms with Gasteiger partial charge in [-0.2, -0.15) is 0 Å². The maximum absolute atomic E-state index is 11.7. The molecule has 0 amide bonds. The van der Waals surface area contributed by atoms with Gasteiger partial charge in [0.05, 0.1) is 18.2 Å². The third-order valence-corrected chi connectivity index (χ3v) is 3.65. The number of aromatic nitrogens is 1. The molecule has 0 radical (unpaired) electrons. The number of ketones is 1. The van der Waals surface area contributed by atoms with E-state index in [1.807, 2.05) is 42.6 Å². The van der Waals surface area contributed by atoms with E-state index in [0.717, 1.165) is 16.3 Å². The van der Waals surface area contributed by atoms with Crippen LogP contribution in [0.3, 0.4) is 0 Å². The number of benzene rings is 1.